The third-order valence-electron chi connectivity index (χ3n) is 4.47. The molecule has 142 valence electrons. The smallest absolute Gasteiger partial charge is 0.246 e. The summed E-state index contributed by atoms with van der Waals surface area (Å²) in [5, 5.41) is 16.3. The number of nitrogens with zero attached hydrogens (tertiary/aromatic N) is 7. The summed E-state index contributed by atoms with van der Waals surface area (Å²) in [6, 6.07) is 5.07. The molecule has 0 spiro atoms. The van der Waals surface area contributed by atoms with Crippen LogP contribution in [0.25, 0.3) is 0 Å². The number of hydrogen-bond donors (Lipinski definition) is 0. The molecule has 10 nitrogen and oxygen atoms in total. The van der Waals surface area contributed by atoms with Gasteiger partial charge in [-0.05, 0) is 24.6 Å². The van der Waals surface area contributed by atoms with Crippen LogP contribution in [0.3, 0.4) is 0 Å². The number of hydrogen-bond acceptors (Lipinski definition) is 7. The van der Waals surface area contributed by atoms with Gasteiger partial charge in [-0.2, -0.15) is 19.3 Å². The highest BCUT2D eigenvalue weighted by Gasteiger charge is 2.39. The van der Waals surface area contributed by atoms with Gasteiger partial charge in [-0.15, -0.1) is 5.10 Å². The predicted molar refractivity (Wildman–Crippen MR) is 94.7 cm³/mol. The molecule has 0 amide bonds. The Balaban J connectivity index is 1.46. The summed E-state index contributed by atoms with van der Waals surface area (Å²) in [7, 11) is -2.15. The first-order chi connectivity index (χ1) is 13.0. The van der Waals surface area contributed by atoms with Crippen molar-refractivity contribution in [1.29, 1.82) is 0 Å². The first-order valence-corrected chi connectivity index (χ1v) is 9.81. The van der Waals surface area contributed by atoms with Gasteiger partial charge in [0.2, 0.25) is 10.0 Å². The minimum atomic E-state index is -3.62. The Morgan fingerprint density at radius 1 is 1.22 bits per heavy atom. The standard InChI is InChI=1S/C16H19N7O3S/c1-12-3-4-15(26-2)16(7-12)27(24,25)21-10-14(11-21)22-8-13(19-20-22)9-23-17-5-6-18-23/h3-8,14H,9-11H2,1-2H3. The van der Waals surface area contributed by atoms with Crippen LogP contribution in [0.2, 0.25) is 0 Å². The minimum Gasteiger partial charge on any atom is -0.495 e. The van der Waals surface area contributed by atoms with Crippen molar-refractivity contribution in [3.63, 3.8) is 0 Å². The van der Waals surface area contributed by atoms with Crippen LogP contribution in [0, 0.1) is 6.92 Å². The van der Waals surface area contributed by atoms with E-state index >= 15 is 0 Å². The van der Waals surface area contributed by atoms with E-state index < -0.39 is 10.0 Å². The number of sulfonamides is 1. The van der Waals surface area contributed by atoms with Gasteiger partial charge in [-0.3, -0.25) is 0 Å². The lowest BCUT2D eigenvalue weighted by Crippen LogP contribution is -2.50. The van der Waals surface area contributed by atoms with Crippen LogP contribution in [-0.2, 0) is 16.6 Å². The van der Waals surface area contributed by atoms with E-state index in [1.54, 1.807) is 35.4 Å². The first kappa shape index (κ1) is 17.6. The van der Waals surface area contributed by atoms with Crippen LogP contribution in [0.15, 0.2) is 41.7 Å². The summed E-state index contributed by atoms with van der Waals surface area (Å²) in [5.41, 5.74) is 1.58. The summed E-state index contributed by atoms with van der Waals surface area (Å²) in [6.45, 7) is 2.94. The summed E-state index contributed by atoms with van der Waals surface area (Å²) in [6.07, 6.45) is 4.99. The topological polar surface area (TPSA) is 108 Å². The molecule has 3 aromatic rings. The average molecular weight is 389 g/mol. The predicted octanol–water partition coefficient (Wildman–Crippen LogP) is 0.481. The Labute approximate surface area is 156 Å². The molecule has 1 aliphatic heterocycles. The molecule has 1 saturated heterocycles. The Bertz CT molecular complexity index is 1040. The SMILES string of the molecule is COc1ccc(C)cc1S(=O)(=O)N1CC(n2cc(Cn3nccn3)nn2)C1. The van der Waals surface area contributed by atoms with E-state index in [0.717, 1.165) is 5.56 Å². The van der Waals surface area contributed by atoms with Crippen molar-refractivity contribution in [3.05, 3.63) is 48.0 Å². The fourth-order valence-corrected chi connectivity index (χ4v) is 4.69. The van der Waals surface area contributed by atoms with Gasteiger partial charge in [0.25, 0.3) is 0 Å². The molecule has 0 atom stereocenters. The van der Waals surface area contributed by atoms with Crippen molar-refractivity contribution in [1.82, 2.24) is 34.3 Å². The van der Waals surface area contributed by atoms with E-state index in [1.165, 1.54) is 16.2 Å². The van der Waals surface area contributed by atoms with Crippen LogP contribution < -0.4 is 4.74 Å². The molecule has 4 rings (SSSR count). The van der Waals surface area contributed by atoms with E-state index in [4.69, 9.17) is 4.74 Å². The Morgan fingerprint density at radius 3 is 2.67 bits per heavy atom. The number of ether oxygens (including phenoxy) is 1. The van der Waals surface area contributed by atoms with Crippen molar-refractivity contribution in [2.75, 3.05) is 20.2 Å². The summed E-state index contributed by atoms with van der Waals surface area (Å²) < 4.78 is 34.2. The van der Waals surface area contributed by atoms with Gasteiger partial charge in [0.1, 0.15) is 22.9 Å². The minimum absolute atomic E-state index is 0.0533. The molecular weight excluding hydrogens is 370 g/mol. The van der Waals surface area contributed by atoms with Gasteiger partial charge in [-0.25, -0.2) is 13.1 Å². The van der Waals surface area contributed by atoms with E-state index in [1.807, 2.05) is 13.0 Å². The monoisotopic (exact) mass is 389 g/mol. The molecule has 0 N–H and O–H groups in total. The van der Waals surface area contributed by atoms with Crippen molar-refractivity contribution in [3.8, 4) is 5.75 Å². The zero-order valence-electron chi connectivity index (χ0n) is 14.9. The van der Waals surface area contributed by atoms with Crippen LogP contribution >= 0.6 is 0 Å². The Morgan fingerprint density at radius 2 is 1.96 bits per heavy atom. The number of rotatable bonds is 6. The average Bonchev–Trinajstić information content (AvgIpc) is 3.26. The first-order valence-electron chi connectivity index (χ1n) is 8.37. The van der Waals surface area contributed by atoms with Gasteiger partial charge in [-0.1, -0.05) is 11.3 Å². The molecule has 0 aliphatic carbocycles. The summed E-state index contributed by atoms with van der Waals surface area (Å²) >= 11 is 0. The van der Waals surface area contributed by atoms with E-state index in [0.29, 0.717) is 31.1 Å². The Hall–Kier alpha value is -2.79. The molecule has 27 heavy (non-hydrogen) atoms. The fraction of sp³-hybridized carbons (Fsp3) is 0.375. The number of methoxy groups -OCH3 is 1. The third kappa shape index (κ3) is 3.30. The van der Waals surface area contributed by atoms with E-state index in [-0.39, 0.29) is 10.9 Å². The number of aromatic nitrogens is 6. The molecule has 11 heteroatoms. The Kier molecular flexibility index (Phi) is 4.40. The quantitative estimate of drug-likeness (QED) is 0.603. The van der Waals surface area contributed by atoms with Crippen molar-refractivity contribution >= 4 is 10.0 Å². The second kappa shape index (κ2) is 6.74. The third-order valence-corrected chi connectivity index (χ3v) is 6.32. The van der Waals surface area contributed by atoms with Crippen LogP contribution in [0.1, 0.15) is 17.3 Å². The van der Waals surface area contributed by atoms with Gasteiger partial charge in [0.15, 0.2) is 0 Å². The lowest BCUT2D eigenvalue weighted by molar-refractivity contribution is 0.188. The van der Waals surface area contributed by atoms with Crippen molar-refractivity contribution in [2.45, 2.75) is 24.4 Å². The van der Waals surface area contributed by atoms with Crippen LogP contribution in [0.4, 0.5) is 0 Å². The molecule has 0 unspecified atom stereocenters. The highest BCUT2D eigenvalue weighted by Crippen LogP contribution is 2.33. The largest absolute Gasteiger partial charge is 0.495 e. The van der Waals surface area contributed by atoms with Gasteiger partial charge >= 0.3 is 0 Å². The molecule has 1 aliphatic rings. The van der Waals surface area contributed by atoms with Gasteiger partial charge in [0, 0.05) is 13.1 Å². The molecule has 0 saturated carbocycles. The van der Waals surface area contributed by atoms with E-state index in [2.05, 4.69) is 20.5 Å². The summed E-state index contributed by atoms with van der Waals surface area (Å²) in [4.78, 5) is 1.70. The van der Waals surface area contributed by atoms with E-state index in [9.17, 15) is 8.42 Å². The van der Waals surface area contributed by atoms with Crippen molar-refractivity contribution in [2.24, 2.45) is 0 Å². The zero-order chi connectivity index (χ0) is 19.0. The second-order valence-electron chi connectivity index (χ2n) is 6.38. The molecule has 2 aromatic heterocycles. The van der Waals surface area contributed by atoms with Gasteiger partial charge < -0.3 is 4.74 Å². The number of aryl methyl sites for hydroxylation is 1. The lowest BCUT2D eigenvalue weighted by Gasteiger charge is -2.37. The zero-order valence-corrected chi connectivity index (χ0v) is 15.7. The van der Waals surface area contributed by atoms with Gasteiger partial charge in [0.05, 0.1) is 31.7 Å². The maximum atomic E-state index is 12.9. The maximum Gasteiger partial charge on any atom is 0.246 e. The molecular formula is C16H19N7O3S. The second-order valence-corrected chi connectivity index (χ2v) is 8.29. The highest BCUT2D eigenvalue weighted by atomic mass is 32.2. The van der Waals surface area contributed by atoms with Crippen molar-refractivity contribution < 1.29 is 13.2 Å². The fourth-order valence-electron chi connectivity index (χ4n) is 2.94. The van der Waals surface area contributed by atoms with Crippen LogP contribution in [0.5, 0.6) is 5.75 Å². The lowest BCUT2D eigenvalue weighted by atomic mass is 10.2. The maximum absolute atomic E-state index is 12.9. The molecule has 0 bridgehead atoms. The van der Waals surface area contributed by atoms with Crippen LogP contribution in [-0.4, -0.2) is 62.9 Å². The molecule has 0 radical (unpaired) electrons. The molecule has 1 fully saturated rings. The molecule has 3 heterocycles. The number of benzene rings is 1. The molecule has 1 aromatic carbocycles. The summed E-state index contributed by atoms with van der Waals surface area (Å²) in [5.74, 6) is 0.346. The normalized spacial score (nSPS) is 15.6. The highest BCUT2D eigenvalue weighted by molar-refractivity contribution is 7.89.